The maximum atomic E-state index is 5.67. The van der Waals surface area contributed by atoms with Crippen LogP contribution in [0.25, 0.3) is 5.69 Å². The van der Waals surface area contributed by atoms with Crippen molar-refractivity contribution < 1.29 is 0 Å². The number of aromatic nitrogens is 3. The van der Waals surface area contributed by atoms with Gasteiger partial charge in [0.25, 0.3) is 0 Å². The molecular formula is C9H10N4. The lowest BCUT2D eigenvalue weighted by atomic mass is 10.2. The number of rotatable bonds is 1. The summed E-state index contributed by atoms with van der Waals surface area (Å²) in [7, 11) is 0. The van der Waals surface area contributed by atoms with Gasteiger partial charge in [-0.05, 0) is 24.6 Å². The van der Waals surface area contributed by atoms with Crippen molar-refractivity contribution in [1.82, 2.24) is 14.8 Å². The van der Waals surface area contributed by atoms with Gasteiger partial charge in [-0.3, -0.25) is 0 Å². The van der Waals surface area contributed by atoms with Crippen LogP contribution in [0.4, 0.5) is 5.69 Å². The van der Waals surface area contributed by atoms with Crippen molar-refractivity contribution >= 4 is 5.69 Å². The van der Waals surface area contributed by atoms with Gasteiger partial charge in [-0.15, -0.1) is 0 Å². The molecule has 66 valence electrons. The number of benzene rings is 1. The maximum Gasteiger partial charge on any atom is 0.138 e. The van der Waals surface area contributed by atoms with Crippen LogP contribution in [0.15, 0.2) is 30.9 Å². The van der Waals surface area contributed by atoms with Crippen LogP contribution in [0.5, 0.6) is 0 Å². The van der Waals surface area contributed by atoms with E-state index in [-0.39, 0.29) is 0 Å². The highest BCUT2D eigenvalue weighted by Crippen LogP contribution is 2.15. The summed E-state index contributed by atoms with van der Waals surface area (Å²) in [5.74, 6) is 0. The highest BCUT2D eigenvalue weighted by atomic mass is 15.3. The summed E-state index contributed by atoms with van der Waals surface area (Å²) in [6.45, 7) is 2.01. The number of nitrogens with zero attached hydrogens (tertiary/aromatic N) is 3. The first-order valence-electron chi connectivity index (χ1n) is 3.98. The molecule has 0 bridgehead atoms. The second-order valence-corrected chi connectivity index (χ2v) is 2.89. The lowest BCUT2D eigenvalue weighted by Gasteiger charge is -2.05. The van der Waals surface area contributed by atoms with Gasteiger partial charge in [-0.1, -0.05) is 6.07 Å². The summed E-state index contributed by atoms with van der Waals surface area (Å²) < 4.78 is 1.70. The van der Waals surface area contributed by atoms with E-state index in [4.69, 9.17) is 5.73 Å². The third-order valence-electron chi connectivity index (χ3n) is 1.90. The Morgan fingerprint density at radius 3 is 2.92 bits per heavy atom. The summed E-state index contributed by atoms with van der Waals surface area (Å²) in [4.78, 5) is 3.88. The van der Waals surface area contributed by atoms with Crippen molar-refractivity contribution in [2.75, 3.05) is 5.73 Å². The Bertz CT molecular complexity index is 406. The molecule has 0 spiro atoms. The number of aryl methyl sites for hydroxylation is 1. The first-order valence-corrected chi connectivity index (χ1v) is 3.98. The van der Waals surface area contributed by atoms with Crippen LogP contribution in [0, 0.1) is 6.92 Å². The van der Waals surface area contributed by atoms with Gasteiger partial charge in [0.2, 0.25) is 0 Å². The maximum absolute atomic E-state index is 5.67. The Hall–Kier alpha value is -1.84. The smallest absolute Gasteiger partial charge is 0.138 e. The van der Waals surface area contributed by atoms with E-state index in [0.717, 1.165) is 16.9 Å². The van der Waals surface area contributed by atoms with Crippen molar-refractivity contribution in [3.63, 3.8) is 0 Å². The fraction of sp³-hybridized carbons (Fsp3) is 0.111. The molecule has 1 aromatic heterocycles. The van der Waals surface area contributed by atoms with Crippen molar-refractivity contribution in [2.45, 2.75) is 6.92 Å². The zero-order chi connectivity index (χ0) is 9.26. The first kappa shape index (κ1) is 7.79. The molecule has 2 aromatic rings. The molecule has 0 aliphatic heterocycles. The number of anilines is 1. The topological polar surface area (TPSA) is 56.7 Å². The van der Waals surface area contributed by atoms with Crippen LogP contribution in [-0.4, -0.2) is 14.8 Å². The molecule has 2 rings (SSSR count). The van der Waals surface area contributed by atoms with Crippen LogP contribution in [0.2, 0.25) is 0 Å². The van der Waals surface area contributed by atoms with E-state index in [9.17, 15) is 0 Å². The fourth-order valence-electron chi connectivity index (χ4n) is 1.21. The van der Waals surface area contributed by atoms with Gasteiger partial charge < -0.3 is 5.73 Å². The summed E-state index contributed by atoms with van der Waals surface area (Å²) >= 11 is 0. The Kier molecular flexibility index (Phi) is 1.73. The van der Waals surface area contributed by atoms with E-state index in [0.29, 0.717) is 0 Å². The molecule has 4 heteroatoms. The Balaban J connectivity index is 2.57. The molecule has 0 unspecified atom stereocenters. The minimum absolute atomic E-state index is 0.733. The number of hydrogen-bond donors (Lipinski definition) is 1. The highest BCUT2D eigenvalue weighted by Gasteiger charge is 2.00. The molecule has 0 radical (unpaired) electrons. The van der Waals surface area contributed by atoms with E-state index in [1.807, 2.05) is 25.1 Å². The third-order valence-corrected chi connectivity index (χ3v) is 1.90. The zero-order valence-electron chi connectivity index (χ0n) is 7.31. The van der Waals surface area contributed by atoms with Crippen LogP contribution >= 0.6 is 0 Å². The van der Waals surface area contributed by atoms with Crippen molar-refractivity contribution in [1.29, 1.82) is 0 Å². The van der Waals surface area contributed by atoms with E-state index in [1.165, 1.54) is 6.33 Å². The molecule has 13 heavy (non-hydrogen) atoms. The van der Waals surface area contributed by atoms with E-state index >= 15 is 0 Å². The largest absolute Gasteiger partial charge is 0.399 e. The molecule has 0 saturated carbocycles. The Morgan fingerprint density at radius 2 is 2.23 bits per heavy atom. The Labute approximate surface area is 76.0 Å². The second kappa shape index (κ2) is 2.90. The van der Waals surface area contributed by atoms with Gasteiger partial charge in [0.1, 0.15) is 12.7 Å². The average Bonchev–Trinajstić information content (AvgIpc) is 2.61. The quantitative estimate of drug-likeness (QED) is 0.660. The second-order valence-electron chi connectivity index (χ2n) is 2.89. The van der Waals surface area contributed by atoms with Crippen molar-refractivity contribution in [3.8, 4) is 5.69 Å². The summed E-state index contributed by atoms with van der Waals surface area (Å²) in [6.07, 6.45) is 3.16. The number of hydrogen-bond acceptors (Lipinski definition) is 3. The van der Waals surface area contributed by atoms with E-state index in [1.54, 1.807) is 11.0 Å². The lowest BCUT2D eigenvalue weighted by Crippen LogP contribution is -1.98. The van der Waals surface area contributed by atoms with Gasteiger partial charge in [-0.25, -0.2) is 9.67 Å². The average molecular weight is 174 g/mol. The van der Waals surface area contributed by atoms with Gasteiger partial charge in [0.05, 0.1) is 5.69 Å². The SMILES string of the molecule is Cc1ccc(N)cc1-n1cncn1. The standard InChI is InChI=1S/C9H10N4/c1-7-2-3-8(10)4-9(7)13-6-11-5-12-13/h2-6H,10H2,1H3. The third kappa shape index (κ3) is 1.38. The first-order chi connectivity index (χ1) is 6.27. The fourth-order valence-corrected chi connectivity index (χ4v) is 1.21. The monoisotopic (exact) mass is 174 g/mol. The van der Waals surface area contributed by atoms with Crippen molar-refractivity contribution in [3.05, 3.63) is 36.4 Å². The van der Waals surface area contributed by atoms with E-state index in [2.05, 4.69) is 10.1 Å². The summed E-state index contributed by atoms with van der Waals surface area (Å²) in [5.41, 5.74) is 8.50. The molecule has 0 aliphatic rings. The van der Waals surface area contributed by atoms with Crippen LogP contribution in [0.1, 0.15) is 5.56 Å². The minimum atomic E-state index is 0.733. The molecule has 0 fully saturated rings. The molecule has 1 aromatic carbocycles. The predicted molar refractivity (Wildman–Crippen MR) is 50.5 cm³/mol. The van der Waals surface area contributed by atoms with Gasteiger partial charge in [0, 0.05) is 5.69 Å². The van der Waals surface area contributed by atoms with Crippen LogP contribution in [0.3, 0.4) is 0 Å². The molecular weight excluding hydrogens is 164 g/mol. The van der Waals surface area contributed by atoms with Crippen LogP contribution < -0.4 is 5.73 Å². The van der Waals surface area contributed by atoms with Crippen LogP contribution in [-0.2, 0) is 0 Å². The normalized spacial score (nSPS) is 10.2. The van der Waals surface area contributed by atoms with Gasteiger partial charge >= 0.3 is 0 Å². The van der Waals surface area contributed by atoms with E-state index < -0.39 is 0 Å². The minimum Gasteiger partial charge on any atom is -0.399 e. The number of nitrogen functional groups attached to an aromatic ring is 1. The molecule has 4 nitrogen and oxygen atoms in total. The lowest BCUT2D eigenvalue weighted by molar-refractivity contribution is 0.872. The number of nitrogens with two attached hydrogens (primary N) is 1. The molecule has 0 saturated heterocycles. The zero-order valence-corrected chi connectivity index (χ0v) is 7.31. The molecule has 0 atom stereocenters. The molecule has 0 aliphatic carbocycles. The predicted octanol–water partition coefficient (Wildman–Crippen LogP) is 1.16. The molecule has 0 amide bonds. The van der Waals surface area contributed by atoms with Gasteiger partial charge in [-0.2, -0.15) is 5.10 Å². The highest BCUT2D eigenvalue weighted by molar-refractivity contribution is 5.51. The molecule has 2 N–H and O–H groups in total. The van der Waals surface area contributed by atoms with Gasteiger partial charge in [0.15, 0.2) is 0 Å². The summed E-state index contributed by atoms with van der Waals surface area (Å²) in [5, 5.41) is 4.04. The summed E-state index contributed by atoms with van der Waals surface area (Å²) in [6, 6.07) is 5.71. The molecule has 1 heterocycles. The van der Waals surface area contributed by atoms with Crippen molar-refractivity contribution in [2.24, 2.45) is 0 Å². The Morgan fingerprint density at radius 1 is 1.38 bits per heavy atom.